The molecule has 1 fully saturated rings. The molecular formula is C14H22ClN3O4S2. The number of hydrogen-bond acceptors (Lipinski definition) is 6. The smallest absolute Gasteiger partial charge is 0.238 e. The van der Waals surface area contributed by atoms with Gasteiger partial charge in [0.05, 0.1) is 17.3 Å². The van der Waals surface area contributed by atoms with Crippen molar-refractivity contribution >= 4 is 40.1 Å². The van der Waals surface area contributed by atoms with Crippen LogP contribution in [0.3, 0.4) is 0 Å². The fraction of sp³-hybridized carbons (Fsp3) is 0.500. The molecule has 1 amide bonds. The molecule has 0 saturated carbocycles. The molecule has 1 heterocycles. The SMILES string of the molecule is Cl.N[C@@H]1CCN(C(=O)CSCCOc2ccc(S(N)(=O)=O)cc2)C1. The summed E-state index contributed by atoms with van der Waals surface area (Å²) in [6.07, 6.45) is 0.869. The van der Waals surface area contributed by atoms with Crippen molar-refractivity contribution < 1.29 is 17.9 Å². The highest BCUT2D eigenvalue weighted by molar-refractivity contribution is 7.99. The largest absolute Gasteiger partial charge is 0.493 e. The number of ether oxygens (including phenoxy) is 1. The van der Waals surface area contributed by atoms with Gasteiger partial charge in [0.2, 0.25) is 15.9 Å². The number of hydrogen-bond donors (Lipinski definition) is 2. The Kier molecular flexibility index (Phi) is 8.31. The van der Waals surface area contributed by atoms with Crippen LogP contribution in [0.5, 0.6) is 5.75 Å². The van der Waals surface area contributed by atoms with Gasteiger partial charge >= 0.3 is 0 Å². The second kappa shape index (κ2) is 9.47. The van der Waals surface area contributed by atoms with E-state index in [2.05, 4.69) is 0 Å². The molecule has 0 spiro atoms. The van der Waals surface area contributed by atoms with Gasteiger partial charge in [0.1, 0.15) is 5.75 Å². The molecule has 10 heteroatoms. The number of nitrogens with two attached hydrogens (primary N) is 2. The average Bonchev–Trinajstić information content (AvgIpc) is 2.93. The number of rotatable bonds is 7. The minimum Gasteiger partial charge on any atom is -0.493 e. The standard InChI is InChI=1S/C14H21N3O4S2.ClH/c15-11-5-6-17(9-11)14(18)10-22-8-7-21-12-1-3-13(4-2-12)23(16,19)20;/h1-4,11H,5-10,15H2,(H2,16,19,20);1H/t11-;/m1./s1. The molecule has 4 N–H and O–H groups in total. The second-order valence-corrected chi connectivity index (χ2v) is 7.97. The lowest BCUT2D eigenvalue weighted by Gasteiger charge is -2.15. The molecule has 0 unspecified atom stereocenters. The average molecular weight is 396 g/mol. The highest BCUT2D eigenvalue weighted by Gasteiger charge is 2.22. The van der Waals surface area contributed by atoms with Crippen LogP contribution in [-0.2, 0) is 14.8 Å². The number of thioether (sulfide) groups is 1. The fourth-order valence-corrected chi connectivity index (χ4v) is 3.43. The second-order valence-electron chi connectivity index (χ2n) is 5.31. The fourth-order valence-electron chi connectivity index (χ4n) is 2.21. The Morgan fingerprint density at radius 3 is 2.54 bits per heavy atom. The molecule has 2 rings (SSSR count). The van der Waals surface area contributed by atoms with E-state index in [0.717, 1.165) is 13.0 Å². The molecule has 1 aliphatic heterocycles. The van der Waals surface area contributed by atoms with Gasteiger partial charge in [0.25, 0.3) is 0 Å². The van der Waals surface area contributed by atoms with Crippen LogP contribution in [0.4, 0.5) is 0 Å². The summed E-state index contributed by atoms with van der Waals surface area (Å²) in [5.74, 6) is 1.76. The predicted molar refractivity (Wildman–Crippen MR) is 97.1 cm³/mol. The third-order valence-corrected chi connectivity index (χ3v) is 5.29. The topological polar surface area (TPSA) is 116 Å². The van der Waals surface area contributed by atoms with E-state index in [9.17, 15) is 13.2 Å². The summed E-state index contributed by atoms with van der Waals surface area (Å²) < 4.78 is 27.7. The Morgan fingerprint density at radius 1 is 1.33 bits per heavy atom. The summed E-state index contributed by atoms with van der Waals surface area (Å²) in [5.41, 5.74) is 5.77. The number of halogens is 1. The molecule has 0 bridgehead atoms. The lowest BCUT2D eigenvalue weighted by molar-refractivity contribution is -0.127. The zero-order valence-corrected chi connectivity index (χ0v) is 15.5. The summed E-state index contributed by atoms with van der Waals surface area (Å²) in [6.45, 7) is 1.83. The van der Waals surface area contributed by atoms with Gasteiger partial charge in [0.15, 0.2) is 0 Å². The molecule has 1 aromatic rings. The van der Waals surface area contributed by atoms with E-state index in [4.69, 9.17) is 15.6 Å². The van der Waals surface area contributed by atoms with Crippen molar-refractivity contribution in [2.24, 2.45) is 10.9 Å². The molecule has 1 aliphatic rings. The van der Waals surface area contributed by atoms with E-state index in [1.54, 1.807) is 17.0 Å². The number of nitrogens with zero attached hydrogens (tertiary/aromatic N) is 1. The van der Waals surface area contributed by atoms with Gasteiger partial charge in [0, 0.05) is 24.9 Å². The van der Waals surface area contributed by atoms with Crippen LogP contribution in [0.15, 0.2) is 29.2 Å². The number of primary sulfonamides is 1. The Balaban J connectivity index is 0.00000288. The summed E-state index contributed by atoms with van der Waals surface area (Å²) in [4.78, 5) is 13.7. The van der Waals surface area contributed by atoms with Gasteiger partial charge in [-0.25, -0.2) is 13.6 Å². The number of benzene rings is 1. The van der Waals surface area contributed by atoms with E-state index in [1.807, 2.05) is 0 Å². The Morgan fingerprint density at radius 2 is 2.00 bits per heavy atom. The lowest BCUT2D eigenvalue weighted by Crippen LogP contribution is -2.33. The van der Waals surface area contributed by atoms with Gasteiger partial charge < -0.3 is 15.4 Å². The lowest BCUT2D eigenvalue weighted by atomic mass is 10.3. The van der Waals surface area contributed by atoms with Crippen LogP contribution in [-0.4, -0.2) is 56.5 Å². The van der Waals surface area contributed by atoms with Gasteiger partial charge in [-0.15, -0.1) is 24.2 Å². The maximum Gasteiger partial charge on any atom is 0.238 e. The van der Waals surface area contributed by atoms with Gasteiger partial charge in [-0.1, -0.05) is 0 Å². The highest BCUT2D eigenvalue weighted by atomic mass is 35.5. The van der Waals surface area contributed by atoms with Gasteiger partial charge in [-0.2, -0.15) is 0 Å². The molecule has 1 aromatic carbocycles. The Hall–Kier alpha value is -1.00. The normalized spacial score (nSPS) is 17.4. The zero-order chi connectivity index (χ0) is 16.9. The quantitative estimate of drug-likeness (QED) is 0.646. The number of amides is 1. The molecule has 0 radical (unpaired) electrons. The van der Waals surface area contributed by atoms with Crippen molar-refractivity contribution in [2.45, 2.75) is 17.4 Å². The third-order valence-electron chi connectivity index (χ3n) is 3.45. The minimum atomic E-state index is -3.68. The number of carbonyl (C=O) groups excluding carboxylic acids is 1. The maximum absolute atomic E-state index is 11.9. The third kappa shape index (κ3) is 6.48. The Labute approximate surface area is 152 Å². The van der Waals surface area contributed by atoms with Crippen molar-refractivity contribution in [3.8, 4) is 5.75 Å². The first kappa shape index (κ1) is 21.0. The predicted octanol–water partition coefficient (Wildman–Crippen LogP) is 0.427. The van der Waals surface area contributed by atoms with E-state index in [1.165, 1.54) is 23.9 Å². The number of likely N-dealkylation sites (tertiary alicyclic amines) is 1. The van der Waals surface area contributed by atoms with Gasteiger partial charge in [-0.05, 0) is 30.7 Å². The zero-order valence-electron chi connectivity index (χ0n) is 13.1. The summed E-state index contributed by atoms with van der Waals surface area (Å²) in [7, 11) is -3.68. The van der Waals surface area contributed by atoms with Crippen LogP contribution in [0.25, 0.3) is 0 Å². The molecule has 1 saturated heterocycles. The molecule has 24 heavy (non-hydrogen) atoms. The molecule has 7 nitrogen and oxygen atoms in total. The maximum atomic E-state index is 11.9. The van der Waals surface area contributed by atoms with Crippen molar-refractivity contribution in [3.05, 3.63) is 24.3 Å². The molecule has 1 atom stereocenters. The van der Waals surface area contributed by atoms with E-state index >= 15 is 0 Å². The van der Waals surface area contributed by atoms with Crippen LogP contribution in [0.1, 0.15) is 6.42 Å². The monoisotopic (exact) mass is 395 g/mol. The number of sulfonamides is 1. The van der Waals surface area contributed by atoms with E-state index < -0.39 is 10.0 Å². The molecular weight excluding hydrogens is 374 g/mol. The van der Waals surface area contributed by atoms with Crippen LogP contribution in [0.2, 0.25) is 0 Å². The van der Waals surface area contributed by atoms with Crippen molar-refractivity contribution in [1.29, 1.82) is 0 Å². The minimum absolute atomic E-state index is 0. The van der Waals surface area contributed by atoms with E-state index in [0.29, 0.717) is 30.4 Å². The Bertz CT molecular complexity index is 640. The highest BCUT2D eigenvalue weighted by Crippen LogP contribution is 2.15. The first-order chi connectivity index (χ1) is 10.9. The molecule has 0 aliphatic carbocycles. The van der Waals surface area contributed by atoms with Crippen molar-refractivity contribution in [1.82, 2.24) is 4.90 Å². The van der Waals surface area contributed by atoms with Crippen molar-refractivity contribution in [2.75, 3.05) is 31.2 Å². The number of carbonyl (C=O) groups is 1. The van der Waals surface area contributed by atoms with Crippen LogP contribution >= 0.6 is 24.2 Å². The summed E-state index contributed by atoms with van der Waals surface area (Å²) in [5, 5.41) is 5.02. The van der Waals surface area contributed by atoms with Crippen LogP contribution in [0, 0.1) is 0 Å². The first-order valence-electron chi connectivity index (χ1n) is 7.23. The molecule has 136 valence electrons. The first-order valence-corrected chi connectivity index (χ1v) is 9.93. The summed E-state index contributed by atoms with van der Waals surface area (Å²) in [6, 6.07) is 6.02. The van der Waals surface area contributed by atoms with Gasteiger partial charge in [-0.3, -0.25) is 4.79 Å². The van der Waals surface area contributed by atoms with E-state index in [-0.39, 0.29) is 29.3 Å². The molecule has 0 aromatic heterocycles. The van der Waals surface area contributed by atoms with Crippen molar-refractivity contribution in [3.63, 3.8) is 0 Å². The van der Waals surface area contributed by atoms with Crippen LogP contribution < -0.4 is 15.6 Å². The summed E-state index contributed by atoms with van der Waals surface area (Å²) >= 11 is 1.50.